The van der Waals surface area contributed by atoms with Crippen molar-refractivity contribution in [2.24, 2.45) is 0 Å². The number of carbonyl (C=O) groups is 2. The third kappa shape index (κ3) is 5.03. The summed E-state index contributed by atoms with van der Waals surface area (Å²) in [4.78, 5) is 27.1. The van der Waals surface area contributed by atoms with Gasteiger partial charge in [0.25, 0.3) is 11.8 Å². The van der Waals surface area contributed by atoms with Gasteiger partial charge in [0.1, 0.15) is 5.75 Å². The third-order valence-corrected chi connectivity index (χ3v) is 5.36. The van der Waals surface area contributed by atoms with Crippen LogP contribution in [0.2, 0.25) is 0 Å². The van der Waals surface area contributed by atoms with E-state index in [1.54, 1.807) is 37.6 Å². The lowest BCUT2D eigenvalue weighted by Gasteiger charge is -2.20. The molecule has 0 fully saturated rings. The molecule has 1 atom stereocenters. The summed E-state index contributed by atoms with van der Waals surface area (Å²) in [7, 11) is 3.36. The SMILES string of the molecule is CCC(NC(=O)c1cc(-c2cccs2)[nH]n1)c1ccccc1OCC(=O)N(C)C. The van der Waals surface area contributed by atoms with Gasteiger partial charge in [0.2, 0.25) is 0 Å². The van der Waals surface area contributed by atoms with Gasteiger partial charge in [0.15, 0.2) is 12.3 Å². The molecule has 3 rings (SSSR count). The highest BCUT2D eigenvalue weighted by Gasteiger charge is 2.20. The molecular weight excluding hydrogens is 388 g/mol. The number of para-hydroxylation sites is 1. The summed E-state index contributed by atoms with van der Waals surface area (Å²) in [6.45, 7) is 1.92. The van der Waals surface area contributed by atoms with Gasteiger partial charge in [-0.25, -0.2) is 0 Å². The van der Waals surface area contributed by atoms with Crippen LogP contribution in [0.5, 0.6) is 5.75 Å². The Morgan fingerprint density at radius 1 is 1.24 bits per heavy atom. The number of carbonyl (C=O) groups excluding carboxylic acids is 2. The van der Waals surface area contributed by atoms with Crippen molar-refractivity contribution in [1.82, 2.24) is 20.4 Å². The van der Waals surface area contributed by atoms with Crippen LogP contribution >= 0.6 is 11.3 Å². The van der Waals surface area contributed by atoms with Gasteiger partial charge in [0.05, 0.1) is 16.6 Å². The first kappa shape index (κ1) is 20.6. The molecule has 2 heterocycles. The zero-order valence-electron chi connectivity index (χ0n) is 16.6. The summed E-state index contributed by atoms with van der Waals surface area (Å²) in [5.74, 6) is 0.181. The van der Waals surface area contributed by atoms with Crippen LogP contribution in [-0.4, -0.2) is 47.6 Å². The van der Waals surface area contributed by atoms with Crippen LogP contribution in [0.25, 0.3) is 10.6 Å². The van der Waals surface area contributed by atoms with Gasteiger partial charge in [-0.1, -0.05) is 31.2 Å². The number of amides is 2. The molecule has 0 bridgehead atoms. The fourth-order valence-corrected chi connectivity index (χ4v) is 3.49. The highest BCUT2D eigenvalue weighted by atomic mass is 32.1. The molecule has 3 aromatic rings. The van der Waals surface area contributed by atoms with Crippen LogP contribution in [-0.2, 0) is 4.79 Å². The molecule has 8 heteroatoms. The molecule has 0 aliphatic rings. The van der Waals surface area contributed by atoms with E-state index < -0.39 is 0 Å². The molecule has 0 saturated carbocycles. The highest BCUT2D eigenvalue weighted by molar-refractivity contribution is 7.13. The van der Waals surface area contributed by atoms with Crippen LogP contribution in [0, 0.1) is 0 Å². The fourth-order valence-electron chi connectivity index (χ4n) is 2.80. The van der Waals surface area contributed by atoms with Gasteiger partial charge in [0, 0.05) is 19.7 Å². The number of hydrogen-bond acceptors (Lipinski definition) is 5. The van der Waals surface area contributed by atoms with Gasteiger partial charge >= 0.3 is 0 Å². The van der Waals surface area contributed by atoms with Gasteiger partial charge in [-0.05, 0) is 30.0 Å². The van der Waals surface area contributed by atoms with Crippen LogP contribution in [0.4, 0.5) is 0 Å². The topological polar surface area (TPSA) is 87.3 Å². The summed E-state index contributed by atoms with van der Waals surface area (Å²) in [6, 6.07) is 12.8. The zero-order valence-corrected chi connectivity index (χ0v) is 17.5. The maximum atomic E-state index is 12.7. The van der Waals surface area contributed by atoms with Crippen LogP contribution in [0.15, 0.2) is 47.8 Å². The van der Waals surface area contributed by atoms with E-state index in [2.05, 4.69) is 15.5 Å². The van der Waals surface area contributed by atoms with E-state index in [0.717, 1.165) is 16.1 Å². The van der Waals surface area contributed by atoms with Gasteiger partial charge in [-0.15, -0.1) is 11.3 Å². The Morgan fingerprint density at radius 2 is 2.03 bits per heavy atom. The molecule has 0 aliphatic carbocycles. The molecule has 29 heavy (non-hydrogen) atoms. The normalized spacial score (nSPS) is 11.7. The average Bonchev–Trinajstić information content (AvgIpc) is 3.42. The molecule has 2 N–H and O–H groups in total. The van der Waals surface area contributed by atoms with Crippen molar-refractivity contribution in [2.45, 2.75) is 19.4 Å². The van der Waals surface area contributed by atoms with Crippen LogP contribution < -0.4 is 10.1 Å². The first-order valence-electron chi connectivity index (χ1n) is 9.31. The number of aromatic amines is 1. The lowest BCUT2D eigenvalue weighted by atomic mass is 10.0. The number of benzene rings is 1. The standard InChI is InChI=1S/C21H24N4O3S/c1-4-15(14-8-5-6-9-18(14)28-13-20(26)25(2)3)22-21(27)17-12-16(23-24-17)19-10-7-11-29-19/h5-12,15H,4,13H2,1-3H3,(H,22,27)(H,23,24). The first-order valence-corrected chi connectivity index (χ1v) is 10.2. The summed E-state index contributed by atoms with van der Waals surface area (Å²) in [6.07, 6.45) is 0.663. The van der Waals surface area contributed by atoms with Crippen molar-refractivity contribution in [2.75, 3.05) is 20.7 Å². The largest absolute Gasteiger partial charge is 0.483 e. The fraction of sp³-hybridized carbons (Fsp3) is 0.286. The molecule has 0 spiro atoms. The monoisotopic (exact) mass is 412 g/mol. The third-order valence-electron chi connectivity index (χ3n) is 4.46. The zero-order chi connectivity index (χ0) is 20.8. The molecule has 0 aliphatic heterocycles. The minimum Gasteiger partial charge on any atom is -0.483 e. The Morgan fingerprint density at radius 3 is 2.72 bits per heavy atom. The van der Waals surface area contributed by atoms with Gasteiger partial charge in [-0.2, -0.15) is 5.10 Å². The Kier molecular flexibility index (Phi) is 6.66. The maximum Gasteiger partial charge on any atom is 0.272 e. The average molecular weight is 413 g/mol. The van der Waals surface area contributed by atoms with E-state index in [9.17, 15) is 9.59 Å². The van der Waals surface area contributed by atoms with Crippen molar-refractivity contribution in [3.63, 3.8) is 0 Å². The molecular formula is C21H24N4O3S. The Hall–Kier alpha value is -3.13. The molecule has 1 unspecified atom stereocenters. The molecule has 7 nitrogen and oxygen atoms in total. The molecule has 0 saturated heterocycles. The summed E-state index contributed by atoms with van der Waals surface area (Å²) in [5.41, 5.74) is 1.96. The molecule has 152 valence electrons. The Labute approximate surface area is 173 Å². The number of H-pyrrole nitrogens is 1. The summed E-state index contributed by atoms with van der Waals surface area (Å²) >= 11 is 1.58. The quantitative estimate of drug-likeness (QED) is 0.593. The number of rotatable bonds is 8. The lowest BCUT2D eigenvalue weighted by Crippen LogP contribution is -2.30. The second-order valence-electron chi connectivity index (χ2n) is 6.69. The van der Waals surface area contributed by atoms with Crippen LogP contribution in [0.1, 0.15) is 35.4 Å². The van der Waals surface area contributed by atoms with E-state index in [1.165, 1.54) is 4.90 Å². The van der Waals surface area contributed by atoms with Gasteiger partial charge in [-0.3, -0.25) is 14.7 Å². The second-order valence-corrected chi connectivity index (χ2v) is 7.64. The first-order chi connectivity index (χ1) is 14.0. The Balaban J connectivity index is 1.73. The number of nitrogens with zero attached hydrogens (tertiary/aromatic N) is 2. The molecule has 0 radical (unpaired) electrons. The van der Waals surface area contributed by atoms with Crippen LogP contribution in [0.3, 0.4) is 0 Å². The van der Waals surface area contributed by atoms with E-state index >= 15 is 0 Å². The minimum absolute atomic E-state index is 0.0576. The maximum absolute atomic E-state index is 12.7. The number of likely N-dealkylation sites (N-methyl/N-ethyl adjacent to an activating group) is 1. The van der Waals surface area contributed by atoms with Crippen molar-refractivity contribution < 1.29 is 14.3 Å². The number of nitrogens with one attached hydrogen (secondary N) is 2. The van der Waals surface area contributed by atoms with Crippen molar-refractivity contribution in [3.8, 4) is 16.3 Å². The van der Waals surface area contributed by atoms with Crippen molar-refractivity contribution >= 4 is 23.2 Å². The van der Waals surface area contributed by atoms with Crippen molar-refractivity contribution in [3.05, 3.63) is 59.1 Å². The highest BCUT2D eigenvalue weighted by Crippen LogP contribution is 2.28. The van der Waals surface area contributed by atoms with E-state index in [1.807, 2.05) is 42.6 Å². The predicted octanol–water partition coefficient (Wildman–Crippen LogP) is 3.49. The predicted molar refractivity (Wildman–Crippen MR) is 113 cm³/mol. The summed E-state index contributed by atoms with van der Waals surface area (Å²) < 4.78 is 5.72. The number of ether oxygens (including phenoxy) is 1. The lowest BCUT2D eigenvalue weighted by molar-refractivity contribution is -0.130. The molecule has 2 aromatic heterocycles. The van der Waals surface area contributed by atoms with Gasteiger partial charge < -0.3 is 15.0 Å². The van der Waals surface area contributed by atoms with Crippen molar-refractivity contribution in [1.29, 1.82) is 0 Å². The number of hydrogen-bond donors (Lipinski definition) is 2. The molecule has 2 amide bonds. The molecule has 1 aromatic carbocycles. The minimum atomic E-state index is -0.268. The smallest absolute Gasteiger partial charge is 0.272 e. The van der Waals surface area contributed by atoms with E-state index in [-0.39, 0.29) is 24.5 Å². The summed E-state index contributed by atoms with van der Waals surface area (Å²) in [5, 5.41) is 12.0. The van der Waals surface area contributed by atoms with E-state index in [0.29, 0.717) is 17.9 Å². The second kappa shape index (κ2) is 9.38. The van der Waals surface area contributed by atoms with E-state index in [4.69, 9.17) is 4.74 Å². The Bertz CT molecular complexity index is 966. The number of thiophene rings is 1. The number of aromatic nitrogens is 2.